The standard InChI is InChI=1S/C26H24N2O4/c1-18-8-10-19(11-9-18)16-28-25(29)22(27-26(28)30)14-21-12-13-23(31-2)24(15-21)32-17-20-6-4-3-5-7-20/h3-15H,16-17H2,1-2H3,(H,27,30)/b22-14+. The summed E-state index contributed by atoms with van der Waals surface area (Å²) in [7, 11) is 1.58. The molecular formula is C26H24N2O4. The summed E-state index contributed by atoms with van der Waals surface area (Å²) in [5.41, 5.74) is 3.98. The number of urea groups is 1. The number of aryl methyl sites for hydroxylation is 1. The SMILES string of the molecule is COc1ccc(/C=C2/NC(=O)N(Cc3ccc(C)cc3)C2=O)cc1OCc1ccccc1. The highest BCUT2D eigenvalue weighted by Crippen LogP contribution is 2.30. The highest BCUT2D eigenvalue weighted by molar-refractivity contribution is 6.13. The van der Waals surface area contributed by atoms with Gasteiger partial charge in [-0.3, -0.25) is 9.69 Å². The summed E-state index contributed by atoms with van der Waals surface area (Å²) in [4.78, 5) is 26.4. The van der Waals surface area contributed by atoms with E-state index in [1.54, 1.807) is 25.3 Å². The van der Waals surface area contributed by atoms with Crippen molar-refractivity contribution >= 4 is 18.0 Å². The summed E-state index contributed by atoms with van der Waals surface area (Å²) in [6.07, 6.45) is 1.64. The Morgan fingerprint density at radius 1 is 0.906 bits per heavy atom. The van der Waals surface area contributed by atoms with Gasteiger partial charge in [0.05, 0.1) is 13.7 Å². The molecule has 162 valence electrons. The van der Waals surface area contributed by atoms with Gasteiger partial charge in [0.25, 0.3) is 5.91 Å². The van der Waals surface area contributed by atoms with Gasteiger partial charge in [-0.25, -0.2) is 4.79 Å². The highest BCUT2D eigenvalue weighted by Gasteiger charge is 2.33. The molecular weight excluding hydrogens is 404 g/mol. The van der Waals surface area contributed by atoms with Gasteiger partial charge in [0.2, 0.25) is 0 Å². The average Bonchev–Trinajstić information content (AvgIpc) is 3.07. The third-order valence-electron chi connectivity index (χ3n) is 5.16. The molecule has 1 fully saturated rings. The molecule has 1 aliphatic heterocycles. The Morgan fingerprint density at radius 3 is 2.38 bits per heavy atom. The second kappa shape index (κ2) is 9.39. The summed E-state index contributed by atoms with van der Waals surface area (Å²) in [5, 5.41) is 2.67. The fourth-order valence-electron chi connectivity index (χ4n) is 3.39. The van der Waals surface area contributed by atoms with Gasteiger partial charge >= 0.3 is 6.03 Å². The molecule has 0 atom stereocenters. The van der Waals surface area contributed by atoms with Gasteiger partial charge in [0.15, 0.2) is 11.5 Å². The van der Waals surface area contributed by atoms with Crippen LogP contribution in [0.15, 0.2) is 78.5 Å². The molecule has 1 N–H and O–H groups in total. The molecule has 6 nitrogen and oxygen atoms in total. The number of hydrogen-bond acceptors (Lipinski definition) is 4. The number of carbonyl (C=O) groups excluding carboxylic acids is 2. The smallest absolute Gasteiger partial charge is 0.329 e. The zero-order valence-corrected chi connectivity index (χ0v) is 18.0. The topological polar surface area (TPSA) is 67.9 Å². The number of amides is 3. The average molecular weight is 428 g/mol. The molecule has 1 heterocycles. The molecule has 0 saturated carbocycles. The Bertz CT molecular complexity index is 1150. The van der Waals surface area contributed by atoms with E-state index in [0.29, 0.717) is 18.1 Å². The number of carbonyl (C=O) groups is 2. The molecule has 3 aromatic carbocycles. The monoisotopic (exact) mass is 428 g/mol. The van der Waals surface area contributed by atoms with Crippen molar-refractivity contribution in [3.63, 3.8) is 0 Å². The Morgan fingerprint density at radius 2 is 1.66 bits per heavy atom. The number of imide groups is 1. The lowest BCUT2D eigenvalue weighted by Crippen LogP contribution is -2.30. The van der Waals surface area contributed by atoms with Crippen molar-refractivity contribution in [2.24, 2.45) is 0 Å². The molecule has 1 saturated heterocycles. The molecule has 1 aliphatic rings. The molecule has 6 heteroatoms. The lowest BCUT2D eigenvalue weighted by atomic mass is 10.1. The molecule has 32 heavy (non-hydrogen) atoms. The Hall–Kier alpha value is -4.06. The number of hydrogen-bond donors (Lipinski definition) is 1. The molecule has 4 rings (SSSR count). The number of nitrogens with zero attached hydrogens (tertiary/aromatic N) is 1. The molecule has 0 aromatic heterocycles. The van der Waals surface area contributed by atoms with Crippen molar-refractivity contribution in [1.82, 2.24) is 10.2 Å². The molecule has 0 spiro atoms. The number of ether oxygens (including phenoxy) is 2. The fourth-order valence-corrected chi connectivity index (χ4v) is 3.39. The van der Waals surface area contributed by atoms with Crippen LogP contribution in [-0.4, -0.2) is 23.9 Å². The van der Waals surface area contributed by atoms with Crippen LogP contribution in [0.25, 0.3) is 6.08 Å². The van der Waals surface area contributed by atoms with Crippen LogP contribution in [0, 0.1) is 6.92 Å². The van der Waals surface area contributed by atoms with E-state index in [2.05, 4.69) is 5.32 Å². The first kappa shape index (κ1) is 21.2. The van der Waals surface area contributed by atoms with Crippen LogP contribution >= 0.6 is 0 Å². The van der Waals surface area contributed by atoms with Crippen LogP contribution in [0.5, 0.6) is 11.5 Å². The van der Waals surface area contributed by atoms with Gasteiger partial charge in [0, 0.05) is 0 Å². The first-order chi connectivity index (χ1) is 15.5. The van der Waals surface area contributed by atoms with Crippen molar-refractivity contribution in [3.8, 4) is 11.5 Å². The van der Waals surface area contributed by atoms with E-state index in [9.17, 15) is 9.59 Å². The molecule has 3 amide bonds. The summed E-state index contributed by atoms with van der Waals surface area (Å²) >= 11 is 0. The van der Waals surface area contributed by atoms with E-state index in [1.165, 1.54) is 4.90 Å². The van der Waals surface area contributed by atoms with Crippen molar-refractivity contribution in [2.45, 2.75) is 20.1 Å². The number of nitrogens with one attached hydrogen (secondary N) is 1. The number of methoxy groups -OCH3 is 1. The van der Waals surface area contributed by atoms with E-state index in [0.717, 1.165) is 22.3 Å². The first-order valence-electron chi connectivity index (χ1n) is 10.3. The summed E-state index contributed by atoms with van der Waals surface area (Å²) in [5.74, 6) is 0.781. The van der Waals surface area contributed by atoms with Gasteiger partial charge in [0.1, 0.15) is 12.3 Å². The fraction of sp³-hybridized carbons (Fsp3) is 0.154. The predicted octanol–water partition coefficient (Wildman–Crippen LogP) is 4.68. The van der Waals surface area contributed by atoms with Crippen molar-refractivity contribution in [1.29, 1.82) is 0 Å². The normalized spacial score (nSPS) is 14.6. The van der Waals surface area contributed by atoms with Crippen molar-refractivity contribution in [3.05, 3.63) is 101 Å². The Kier molecular flexibility index (Phi) is 6.22. The Labute approximate surface area is 187 Å². The molecule has 0 aliphatic carbocycles. The second-order valence-electron chi connectivity index (χ2n) is 7.55. The van der Waals surface area contributed by atoms with Gasteiger partial charge in [-0.1, -0.05) is 66.2 Å². The maximum absolute atomic E-state index is 12.8. The largest absolute Gasteiger partial charge is 0.493 e. The first-order valence-corrected chi connectivity index (χ1v) is 10.3. The second-order valence-corrected chi connectivity index (χ2v) is 7.55. The third-order valence-corrected chi connectivity index (χ3v) is 5.16. The van der Waals surface area contributed by atoms with Crippen LogP contribution in [0.1, 0.15) is 22.3 Å². The van der Waals surface area contributed by atoms with Crippen molar-refractivity contribution < 1.29 is 19.1 Å². The van der Waals surface area contributed by atoms with Crippen LogP contribution in [0.2, 0.25) is 0 Å². The molecule has 0 unspecified atom stereocenters. The number of rotatable bonds is 7. The number of benzene rings is 3. The van der Waals surface area contributed by atoms with E-state index >= 15 is 0 Å². The van der Waals surface area contributed by atoms with Crippen LogP contribution in [-0.2, 0) is 17.9 Å². The minimum atomic E-state index is -0.434. The third kappa shape index (κ3) is 4.81. The highest BCUT2D eigenvalue weighted by atomic mass is 16.5. The van der Waals surface area contributed by atoms with E-state index in [4.69, 9.17) is 9.47 Å². The lowest BCUT2D eigenvalue weighted by Gasteiger charge is -2.12. The van der Waals surface area contributed by atoms with Crippen LogP contribution < -0.4 is 14.8 Å². The van der Waals surface area contributed by atoms with E-state index in [1.807, 2.05) is 67.6 Å². The van der Waals surface area contributed by atoms with Crippen molar-refractivity contribution in [2.75, 3.05) is 7.11 Å². The van der Waals surface area contributed by atoms with Gasteiger partial charge < -0.3 is 14.8 Å². The van der Waals surface area contributed by atoms with Gasteiger partial charge in [-0.2, -0.15) is 0 Å². The van der Waals surface area contributed by atoms with Crippen LogP contribution in [0.3, 0.4) is 0 Å². The van der Waals surface area contributed by atoms with E-state index < -0.39 is 6.03 Å². The molecule has 0 radical (unpaired) electrons. The lowest BCUT2D eigenvalue weighted by molar-refractivity contribution is -0.123. The Balaban J connectivity index is 1.51. The van der Waals surface area contributed by atoms with Gasteiger partial charge in [-0.05, 0) is 41.8 Å². The molecule has 0 bridgehead atoms. The predicted molar refractivity (Wildman–Crippen MR) is 122 cm³/mol. The van der Waals surface area contributed by atoms with E-state index in [-0.39, 0.29) is 18.1 Å². The summed E-state index contributed by atoms with van der Waals surface area (Å²) in [6, 6.07) is 22.5. The zero-order valence-electron chi connectivity index (χ0n) is 18.0. The summed E-state index contributed by atoms with van der Waals surface area (Å²) in [6.45, 7) is 2.60. The van der Waals surface area contributed by atoms with Gasteiger partial charge in [-0.15, -0.1) is 0 Å². The molecule has 3 aromatic rings. The van der Waals surface area contributed by atoms with Crippen LogP contribution in [0.4, 0.5) is 4.79 Å². The summed E-state index contributed by atoms with van der Waals surface area (Å²) < 4.78 is 11.3. The minimum Gasteiger partial charge on any atom is -0.493 e. The quantitative estimate of drug-likeness (QED) is 0.438. The maximum Gasteiger partial charge on any atom is 0.329 e. The minimum absolute atomic E-state index is 0.219. The zero-order chi connectivity index (χ0) is 22.5. The maximum atomic E-state index is 12.8.